The van der Waals surface area contributed by atoms with E-state index in [9.17, 15) is 4.79 Å². The Morgan fingerprint density at radius 1 is 1.25 bits per heavy atom. The largest absolute Gasteiger partial charge is 0.486 e. The fourth-order valence-electron chi connectivity index (χ4n) is 3.75. The highest BCUT2D eigenvalue weighted by atomic mass is 35.5. The van der Waals surface area contributed by atoms with Gasteiger partial charge >= 0.3 is 0 Å². The summed E-state index contributed by atoms with van der Waals surface area (Å²) in [5.74, 6) is 1.79. The molecule has 2 N–H and O–H groups in total. The van der Waals surface area contributed by atoms with E-state index in [0.717, 1.165) is 54.4 Å². The van der Waals surface area contributed by atoms with Crippen LogP contribution in [0, 0.1) is 11.3 Å². The van der Waals surface area contributed by atoms with E-state index in [0.29, 0.717) is 13.2 Å². The zero-order chi connectivity index (χ0) is 15.9. The van der Waals surface area contributed by atoms with E-state index in [1.165, 1.54) is 0 Å². The number of nitrogens with one attached hydrogen (secondary N) is 2. The Bertz CT molecular complexity index is 635. The summed E-state index contributed by atoms with van der Waals surface area (Å²) in [7, 11) is 0. The van der Waals surface area contributed by atoms with E-state index in [4.69, 9.17) is 9.47 Å². The van der Waals surface area contributed by atoms with Crippen LogP contribution in [-0.2, 0) is 4.79 Å². The molecule has 132 valence electrons. The minimum atomic E-state index is 0. The van der Waals surface area contributed by atoms with Crippen molar-refractivity contribution in [3.05, 3.63) is 12.1 Å². The Morgan fingerprint density at radius 3 is 2.58 bits per heavy atom. The van der Waals surface area contributed by atoms with Gasteiger partial charge < -0.3 is 20.1 Å². The fraction of sp³-hybridized carbons (Fsp3) is 0.588. The molecule has 1 unspecified atom stereocenters. The molecule has 24 heavy (non-hydrogen) atoms. The Balaban J connectivity index is 0.00000169. The van der Waals surface area contributed by atoms with Crippen molar-refractivity contribution in [2.24, 2.45) is 11.3 Å². The lowest BCUT2D eigenvalue weighted by Crippen LogP contribution is -2.31. The molecule has 4 rings (SSSR count). The third-order valence-electron chi connectivity index (χ3n) is 5.23. The number of hydrogen-bond acceptors (Lipinski definition) is 5. The maximum Gasteiger partial charge on any atom is 0.228 e. The van der Waals surface area contributed by atoms with Crippen LogP contribution in [0.2, 0.25) is 0 Å². The van der Waals surface area contributed by atoms with E-state index in [2.05, 4.69) is 10.6 Å². The molecule has 5 nitrogen and oxygen atoms in total. The summed E-state index contributed by atoms with van der Waals surface area (Å²) in [5.41, 5.74) is 1.09. The normalized spacial score (nSPS) is 23.3. The average Bonchev–Trinajstić information content (AvgIpc) is 3.28. The number of piperidine rings is 1. The number of halogens is 1. The van der Waals surface area contributed by atoms with Gasteiger partial charge in [-0.25, -0.2) is 0 Å². The topological polar surface area (TPSA) is 59.6 Å². The van der Waals surface area contributed by atoms with Crippen molar-refractivity contribution < 1.29 is 14.3 Å². The number of carbonyl (C=O) groups excluding carboxylic acids is 1. The minimum Gasteiger partial charge on any atom is -0.486 e. The number of hydrogen-bond donors (Lipinski definition) is 2. The van der Waals surface area contributed by atoms with Crippen molar-refractivity contribution in [3.8, 4) is 11.5 Å². The molecule has 1 saturated heterocycles. The SMILES string of the molecule is CSc1cc2c(cc1NC(=O)C1CC13CCNCC3)OCCO2.Cl. The lowest BCUT2D eigenvalue weighted by atomic mass is 9.92. The lowest BCUT2D eigenvalue weighted by molar-refractivity contribution is -0.118. The maximum absolute atomic E-state index is 12.7. The van der Waals surface area contributed by atoms with Gasteiger partial charge in [-0.1, -0.05) is 0 Å². The van der Waals surface area contributed by atoms with Crippen LogP contribution >= 0.6 is 24.2 Å². The second-order valence-electron chi connectivity index (χ2n) is 6.55. The summed E-state index contributed by atoms with van der Waals surface area (Å²) in [4.78, 5) is 13.7. The van der Waals surface area contributed by atoms with E-state index in [-0.39, 0.29) is 29.6 Å². The number of amides is 1. The van der Waals surface area contributed by atoms with Gasteiger partial charge in [0.2, 0.25) is 5.91 Å². The predicted octanol–water partition coefficient (Wildman–Crippen LogP) is 2.93. The number of anilines is 1. The zero-order valence-corrected chi connectivity index (χ0v) is 15.4. The number of ether oxygens (including phenoxy) is 2. The minimum absolute atomic E-state index is 0. The molecule has 1 amide bonds. The molecule has 1 saturated carbocycles. The lowest BCUT2D eigenvalue weighted by Gasteiger charge is -2.24. The molecule has 2 aliphatic heterocycles. The molecule has 2 heterocycles. The molecule has 1 spiro atoms. The summed E-state index contributed by atoms with van der Waals surface area (Å²) in [5, 5.41) is 6.51. The Hall–Kier alpha value is -1.11. The Labute approximate surface area is 152 Å². The molecular formula is C17H23ClN2O3S. The van der Waals surface area contributed by atoms with E-state index in [1.807, 2.05) is 18.4 Å². The van der Waals surface area contributed by atoms with E-state index >= 15 is 0 Å². The van der Waals surface area contributed by atoms with Gasteiger partial charge in [-0.2, -0.15) is 0 Å². The molecule has 1 aromatic carbocycles. The molecule has 1 atom stereocenters. The quantitative estimate of drug-likeness (QED) is 0.801. The second-order valence-corrected chi connectivity index (χ2v) is 7.40. The summed E-state index contributed by atoms with van der Waals surface area (Å²) in [6, 6.07) is 3.86. The van der Waals surface area contributed by atoms with Crippen molar-refractivity contribution in [1.82, 2.24) is 5.32 Å². The average molecular weight is 371 g/mol. The first-order valence-corrected chi connectivity index (χ1v) is 9.43. The van der Waals surface area contributed by atoms with E-state index in [1.54, 1.807) is 11.8 Å². The monoisotopic (exact) mass is 370 g/mol. The highest BCUT2D eigenvalue weighted by molar-refractivity contribution is 7.98. The van der Waals surface area contributed by atoms with Crippen LogP contribution < -0.4 is 20.1 Å². The third kappa shape index (κ3) is 3.19. The molecule has 1 aromatic rings. The first-order valence-electron chi connectivity index (χ1n) is 8.21. The molecule has 0 aromatic heterocycles. The predicted molar refractivity (Wildman–Crippen MR) is 97.7 cm³/mol. The molecule has 0 radical (unpaired) electrons. The molecule has 0 bridgehead atoms. The molecular weight excluding hydrogens is 348 g/mol. The highest BCUT2D eigenvalue weighted by Crippen LogP contribution is 2.59. The number of rotatable bonds is 3. The number of carbonyl (C=O) groups is 1. The number of thioether (sulfide) groups is 1. The summed E-state index contributed by atoms with van der Waals surface area (Å²) < 4.78 is 11.3. The van der Waals surface area contributed by atoms with Crippen LogP contribution in [-0.4, -0.2) is 38.5 Å². The summed E-state index contributed by atoms with van der Waals surface area (Å²) in [6.07, 6.45) is 5.26. The Morgan fingerprint density at radius 2 is 1.92 bits per heavy atom. The van der Waals surface area contributed by atoms with Crippen LogP contribution in [0.25, 0.3) is 0 Å². The van der Waals surface area contributed by atoms with Gasteiger partial charge in [-0.15, -0.1) is 24.2 Å². The van der Waals surface area contributed by atoms with Crippen LogP contribution in [0.3, 0.4) is 0 Å². The van der Waals surface area contributed by atoms with Crippen molar-refractivity contribution in [1.29, 1.82) is 0 Å². The highest BCUT2D eigenvalue weighted by Gasteiger charge is 2.57. The first kappa shape index (κ1) is 17.7. The van der Waals surface area contributed by atoms with Crippen LogP contribution in [0.15, 0.2) is 17.0 Å². The number of benzene rings is 1. The third-order valence-corrected chi connectivity index (χ3v) is 6.01. The smallest absolute Gasteiger partial charge is 0.228 e. The van der Waals surface area contributed by atoms with Crippen LogP contribution in [0.1, 0.15) is 19.3 Å². The maximum atomic E-state index is 12.7. The van der Waals surface area contributed by atoms with Gasteiger partial charge in [0.05, 0.1) is 5.69 Å². The van der Waals surface area contributed by atoms with Crippen LogP contribution in [0.4, 0.5) is 5.69 Å². The molecule has 1 aliphatic carbocycles. The van der Waals surface area contributed by atoms with Gasteiger partial charge in [-0.3, -0.25) is 4.79 Å². The van der Waals surface area contributed by atoms with Crippen LogP contribution in [0.5, 0.6) is 11.5 Å². The van der Waals surface area contributed by atoms with Crippen molar-refractivity contribution in [2.75, 3.05) is 37.9 Å². The fourth-order valence-corrected chi connectivity index (χ4v) is 4.31. The van der Waals surface area contributed by atoms with Crippen molar-refractivity contribution >= 4 is 35.8 Å². The molecule has 2 fully saturated rings. The number of fused-ring (bicyclic) bond motifs is 1. The van der Waals surface area contributed by atoms with Gasteiger partial charge in [0, 0.05) is 16.9 Å². The van der Waals surface area contributed by atoms with Gasteiger partial charge in [0.15, 0.2) is 11.5 Å². The second kappa shape index (κ2) is 7.02. The van der Waals surface area contributed by atoms with Gasteiger partial charge in [0.25, 0.3) is 0 Å². The van der Waals surface area contributed by atoms with Gasteiger partial charge in [0.1, 0.15) is 13.2 Å². The molecule has 3 aliphatic rings. The zero-order valence-electron chi connectivity index (χ0n) is 13.7. The first-order chi connectivity index (χ1) is 11.2. The van der Waals surface area contributed by atoms with Crippen molar-refractivity contribution in [2.45, 2.75) is 24.2 Å². The van der Waals surface area contributed by atoms with Crippen molar-refractivity contribution in [3.63, 3.8) is 0 Å². The summed E-state index contributed by atoms with van der Waals surface area (Å²) >= 11 is 1.61. The van der Waals surface area contributed by atoms with Gasteiger partial charge in [-0.05, 0) is 50.1 Å². The standard InChI is InChI=1S/C17H22N2O3S.ClH/c1-23-15-9-14-13(21-6-7-22-14)8-12(15)19-16(20)11-10-17(11)2-4-18-5-3-17;/h8-9,11,18H,2-7,10H2,1H3,(H,19,20);1H. The molecule has 7 heteroatoms. The Kier molecular flexibility index (Phi) is 5.18. The van der Waals surface area contributed by atoms with E-state index < -0.39 is 0 Å². The summed E-state index contributed by atoms with van der Waals surface area (Å²) in [6.45, 7) is 3.19.